The number of aromatic nitrogens is 2. The molecule has 0 radical (unpaired) electrons. The maximum atomic E-state index is 5.52. The first kappa shape index (κ1) is 13.8. The molecule has 0 aliphatic heterocycles. The predicted octanol–water partition coefficient (Wildman–Crippen LogP) is 3.90. The normalized spacial score (nSPS) is 11.1. The first-order valence-corrected chi connectivity index (χ1v) is 7.60. The van der Waals surface area contributed by atoms with Crippen LogP contribution in [0, 0.1) is 0 Å². The summed E-state index contributed by atoms with van der Waals surface area (Å²) in [7, 11) is 0. The van der Waals surface area contributed by atoms with Gasteiger partial charge < -0.3 is 10.7 Å². The lowest BCUT2D eigenvalue weighted by atomic mass is 10.0. The molecular formula is C18H21N3. The van der Waals surface area contributed by atoms with Crippen molar-refractivity contribution in [2.45, 2.75) is 25.7 Å². The lowest BCUT2D eigenvalue weighted by Crippen LogP contribution is -1.98. The molecule has 0 saturated carbocycles. The van der Waals surface area contributed by atoms with Crippen LogP contribution in [0.1, 0.15) is 25.1 Å². The van der Waals surface area contributed by atoms with Crippen molar-refractivity contribution in [2.24, 2.45) is 5.73 Å². The number of nitrogens with two attached hydrogens (primary N) is 1. The number of aromatic amines is 1. The van der Waals surface area contributed by atoms with Gasteiger partial charge in [-0.2, -0.15) is 0 Å². The fourth-order valence-electron chi connectivity index (χ4n) is 2.70. The Kier molecular flexibility index (Phi) is 4.31. The van der Waals surface area contributed by atoms with Gasteiger partial charge in [0.1, 0.15) is 5.82 Å². The van der Waals surface area contributed by atoms with Crippen LogP contribution in [-0.2, 0) is 6.42 Å². The Balaban J connectivity index is 1.81. The zero-order valence-corrected chi connectivity index (χ0v) is 12.2. The van der Waals surface area contributed by atoms with E-state index in [9.17, 15) is 0 Å². The van der Waals surface area contributed by atoms with Crippen molar-refractivity contribution in [3.05, 3.63) is 54.5 Å². The molecule has 3 N–H and O–H groups in total. The fourth-order valence-corrected chi connectivity index (χ4v) is 2.70. The summed E-state index contributed by atoms with van der Waals surface area (Å²) in [6.07, 6.45) is 6.34. The van der Waals surface area contributed by atoms with Gasteiger partial charge in [0.25, 0.3) is 0 Å². The Morgan fingerprint density at radius 3 is 2.71 bits per heavy atom. The summed E-state index contributed by atoms with van der Waals surface area (Å²) >= 11 is 0. The van der Waals surface area contributed by atoms with Crippen LogP contribution < -0.4 is 5.73 Å². The summed E-state index contributed by atoms with van der Waals surface area (Å²) in [6.45, 7) is 0.777. The zero-order chi connectivity index (χ0) is 14.5. The van der Waals surface area contributed by atoms with Crippen LogP contribution in [-0.4, -0.2) is 16.5 Å². The fraction of sp³-hybridized carbons (Fsp3) is 0.278. The number of imidazole rings is 1. The van der Waals surface area contributed by atoms with Gasteiger partial charge in [0.05, 0.1) is 11.9 Å². The minimum absolute atomic E-state index is 0.777. The van der Waals surface area contributed by atoms with Gasteiger partial charge in [0.15, 0.2) is 0 Å². The number of hydrogen-bond donors (Lipinski definition) is 2. The average molecular weight is 279 g/mol. The number of nitrogens with zero attached hydrogens (tertiary/aromatic N) is 1. The highest BCUT2D eigenvalue weighted by atomic mass is 14.9. The van der Waals surface area contributed by atoms with E-state index in [0.29, 0.717) is 0 Å². The minimum Gasteiger partial charge on any atom is -0.342 e. The Labute approximate surface area is 125 Å². The van der Waals surface area contributed by atoms with Gasteiger partial charge in [-0.15, -0.1) is 0 Å². The number of H-pyrrole nitrogens is 1. The largest absolute Gasteiger partial charge is 0.342 e. The Hall–Kier alpha value is -2.13. The number of rotatable bonds is 6. The van der Waals surface area contributed by atoms with Gasteiger partial charge in [-0.25, -0.2) is 4.98 Å². The molecule has 108 valence electrons. The molecule has 3 aromatic rings. The molecule has 1 heterocycles. The second-order valence-corrected chi connectivity index (χ2v) is 5.37. The third-order valence-corrected chi connectivity index (χ3v) is 3.83. The highest BCUT2D eigenvalue weighted by Crippen LogP contribution is 2.27. The third kappa shape index (κ3) is 3.14. The summed E-state index contributed by atoms with van der Waals surface area (Å²) in [5.41, 5.74) is 7.83. The minimum atomic E-state index is 0.777. The highest BCUT2D eigenvalue weighted by molar-refractivity contribution is 5.95. The topological polar surface area (TPSA) is 54.7 Å². The Morgan fingerprint density at radius 2 is 1.81 bits per heavy atom. The van der Waals surface area contributed by atoms with Crippen molar-refractivity contribution in [1.82, 2.24) is 9.97 Å². The second-order valence-electron chi connectivity index (χ2n) is 5.37. The van der Waals surface area contributed by atoms with Crippen LogP contribution in [0.4, 0.5) is 0 Å². The molecule has 0 unspecified atom stereocenters. The SMILES string of the molecule is NCCCCCc1ncc(-c2cccc3ccccc23)[nH]1. The summed E-state index contributed by atoms with van der Waals surface area (Å²) < 4.78 is 0. The summed E-state index contributed by atoms with van der Waals surface area (Å²) in [5.74, 6) is 1.06. The van der Waals surface area contributed by atoms with Crippen LogP contribution in [0.3, 0.4) is 0 Å². The van der Waals surface area contributed by atoms with Gasteiger partial charge in [-0.1, -0.05) is 48.9 Å². The number of fused-ring (bicyclic) bond motifs is 1. The first-order valence-electron chi connectivity index (χ1n) is 7.60. The lowest BCUT2D eigenvalue weighted by Gasteiger charge is -2.04. The number of nitrogens with one attached hydrogen (secondary N) is 1. The van der Waals surface area contributed by atoms with Crippen LogP contribution in [0.2, 0.25) is 0 Å². The monoisotopic (exact) mass is 279 g/mol. The molecule has 0 aliphatic rings. The Morgan fingerprint density at radius 1 is 0.952 bits per heavy atom. The second kappa shape index (κ2) is 6.55. The number of aryl methyl sites for hydroxylation is 1. The molecule has 0 fully saturated rings. The molecule has 3 rings (SSSR count). The van der Waals surface area contributed by atoms with Gasteiger partial charge in [-0.3, -0.25) is 0 Å². The van der Waals surface area contributed by atoms with Crippen molar-refractivity contribution in [3.63, 3.8) is 0 Å². The number of hydrogen-bond acceptors (Lipinski definition) is 2. The van der Waals surface area contributed by atoms with Crippen molar-refractivity contribution in [3.8, 4) is 11.3 Å². The van der Waals surface area contributed by atoms with Crippen LogP contribution in [0.5, 0.6) is 0 Å². The van der Waals surface area contributed by atoms with Crippen molar-refractivity contribution in [2.75, 3.05) is 6.54 Å². The average Bonchev–Trinajstić information content (AvgIpc) is 3.00. The molecule has 0 amide bonds. The molecule has 21 heavy (non-hydrogen) atoms. The quantitative estimate of drug-likeness (QED) is 0.672. The molecule has 0 spiro atoms. The summed E-state index contributed by atoms with van der Waals surface area (Å²) in [4.78, 5) is 7.97. The van der Waals surface area contributed by atoms with E-state index in [0.717, 1.165) is 37.3 Å². The molecule has 0 saturated heterocycles. The van der Waals surface area contributed by atoms with E-state index in [1.807, 2.05) is 6.20 Å². The van der Waals surface area contributed by atoms with Crippen LogP contribution >= 0.6 is 0 Å². The van der Waals surface area contributed by atoms with Gasteiger partial charge in [-0.05, 0) is 30.2 Å². The smallest absolute Gasteiger partial charge is 0.106 e. The molecule has 3 nitrogen and oxygen atoms in total. The van der Waals surface area contributed by atoms with Gasteiger partial charge >= 0.3 is 0 Å². The molecule has 0 atom stereocenters. The lowest BCUT2D eigenvalue weighted by molar-refractivity contribution is 0.673. The van der Waals surface area contributed by atoms with E-state index >= 15 is 0 Å². The van der Waals surface area contributed by atoms with Crippen LogP contribution in [0.25, 0.3) is 22.0 Å². The van der Waals surface area contributed by atoms with E-state index in [1.54, 1.807) is 0 Å². The van der Waals surface area contributed by atoms with Gasteiger partial charge in [0, 0.05) is 12.0 Å². The van der Waals surface area contributed by atoms with E-state index < -0.39 is 0 Å². The highest BCUT2D eigenvalue weighted by Gasteiger charge is 2.06. The molecule has 0 aliphatic carbocycles. The van der Waals surface area contributed by atoms with Crippen molar-refractivity contribution in [1.29, 1.82) is 0 Å². The molecule has 1 aromatic heterocycles. The summed E-state index contributed by atoms with van der Waals surface area (Å²) in [5, 5.41) is 2.52. The standard InChI is InChI=1S/C18H21N3/c19-12-5-1-2-11-18-20-13-17(21-18)16-10-6-8-14-7-3-4-9-15(14)16/h3-4,6-10,13H,1-2,5,11-12,19H2,(H,20,21). The predicted molar refractivity (Wildman–Crippen MR) is 88.1 cm³/mol. The van der Waals surface area contributed by atoms with Crippen LogP contribution in [0.15, 0.2) is 48.7 Å². The number of benzene rings is 2. The maximum Gasteiger partial charge on any atom is 0.106 e. The van der Waals surface area contributed by atoms with Gasteiger partial charge in [0.2, 0.25) is 0 Å². The third-order valence-electron chi connectivity index (χ3n) is 3.83. The molecule has 0 bridgehead atoms. The zero-order valence-electron chi connectivity index (χ0n) is 12.2. The van der Waals surface area contributed by atoms with Crippen molar-refractivity contribution >= 4 is 10.8 Å². The molecule has 2 aromatic carbocycles. The first-order chi connectivity index (χ1) is 10.4. The Bertz CT molecular complexity index is 710. The van der Waals surface area contributed by atoms with E-state index in [4.69, 9.17) is 5.73 Å². The van der Waals surface area contributed by atoms with Crippen molar-refractivity contribution < 1.29 is 0 Å². The van der Waals surface area contributed by atoms with E-state index in [-0.39, 0.29) is 0 Å². The van der Waals surface area contributed by atoms with E-state index in [1.165, 1.54) is 22.8 Å². The summed E-state index contributed by atoms with van der Waals surface area (Å²) in [6, 6.07) is 14.8. The molecule has 3 heteroatoms. The van der Waals surface area contributed by atoms with E-state index in [2.05, 4.69) is 52.4 Å². The maximum absolute atomic E-state index is 5.52. The molecular weight excluding hydrogens is 258 g/mol. The number of unbranched alkanes of at least 4 members (excludes halogenated alkanes) is 2.